The molecule has 2 N–H and O–H groups in total. The van der Waals surface area contributed by atoms with Crippen LogP contribution in [0.15, 0.2) is 60.7 Å². The Kier molecular flexibility index (Phi) is 4.12. The maximum absolute atomic E-state index is 13.1. The van der Waals surface area contributed by atoms with Crippen LogP contribution < -0.4 is 5.32 Å². The van der Waals surface area contributed by atoms with E-state index in [2.05, 4.69) is 5.32 Å². The van der Waals surface area contributed by atoms with Gasteiger partial charge in [0.25, 0.3) is 5.91 Å². The molecule has 118 valence electrons. The van der Waals surface area contributed by atoms with Crippen LogP contribution in [0.1, 0.15) is 11.1 Å². The molecular weight excluding hydrogens is 292 g/mol. The molecule has 0 radical (unpaired) electrons. The quantitative estimate of drug-likeness (QED) is 0.884. The third-order valence-electron chi connectivity index (χ3n) is 4.02. The predicted molar refractivity (Wildman–Crippen MR) is 85.5 cm³/mol. The van der Waals surface area contributed by atoms with Gasteiger partial charge < -0.3 is 15.3 Å². The van der Waals surface area contributed by atoms with Crippen molar-refractivity contribution in [3.8, 4) is 0 Å². The van der Waals surface area contributed by atoms with E-state index in [1.165, 1.54) is 4.90 Å². The Balaban J connectivity index is 2.05. The van der Waals surface area contributed by atoms with Crippen LogP contribution in [0.5, 0.6) is 0 Å². The van der Waals surface area contributed by atoms with E-state index in [-0.39, 0.29) is 12.5 Å². The largest absolute Gasteiger partial charge is 0.372 e. The molecule has 1 aliphatic rings. The van der Waals surface area contributed by atoms with Gasteiger partial charge in [-0.2, -0.15) is 0 Å². The van der Waals surface area contributed by atoms with Gasteiger partial charge in [-0.25, -0.2) is 0 Å². The summed E-state index contributed by atoms with van der Waals surface area (Å²) in [5.41, 5.74) is -0.829. The van der Waals surface area contributed by atoms with Crippen LogP contribution in [0.3, 0.4) is 0 Å². The fourth-order valence-corrected chi connectivity index (χ4v) is 2.81. The number of rotatable bonds is 3. The molecule has 0 aromatic heterocycles. The number of piperazine rings is 1. The average molecular weight is 310 g/mol. The SMILES string of the molecule is O=C1CN(C(=O)C(O)(c2ccccc2)c2ccccc2)CCN1. The smallest absolute Gasteiger partial charge is 0.264 e. The van der Waals surface area contributed by atoms with E-state index < -0.39 is 11.5 Å². The summed E-state index contributed by atoms with van der Waals surface area (Å²) in [6.45, 7) is 0.734. The van der Waals surface area contributed by atoms with E-state index >= 15 is 0 Å². The Morgan fingerprint density at radius 2 is 1.52 bits per heavy atom. The highest BCUT2D eigenvalue weighted by molar-refractivity contribution is 5.93. The van der Waals surface area contributed by atoms with Crippen LogP contribution in [-0.2, 0) is 15.2 Å². The Bertz CT molecular complexity index is 661. The minimum absolute atomic E-state index is 0.0409. The zero-order valence-corrected chi connectivity index (χ0v) is 12.6. The summed E-state index contributed by atoms with van der Waals surface area (Å²) in [5, 5.41) is 14.0. The summed E-state index contributed by atoms with van der Waals surface area (Å²) >= 11 is 0. The maximum Gasteiger partial charge on any atom is 0.264 e. The van der Waals surface area contributed by atoms with Gasteiger partial charge in [0.1, 0.15) is 0 Å². The van der Waals surface area contributed by atoms with Crippen molar-refractivity contribution in [2.24, 2.45) is 0 Å². The minimum atomic E-state index is -1.81. The first kappa shape index (κ1) is 15.2. The van der Waals surface area contributed by atoms with Crippen molar-refractivity contribution in [1.82, 2.24) is 10.2 Å². The van der Waals surface area contributed by atoms with Crippen LogP contribution in [0.25, 0.3) is 0 Å². The van der Waals surface area contributed by atoms with Gasteiger partial charge in [0, 0.05) is 13.1 Å². The van der Waals surface area contributed by atoms with Gasteiger partial charge >= 0.3 is 0 Å². The van der Waals surface area contributed by atoms with Crippen molar-refractivity contribution >= 4 is 11.8 Å². The first-order valence-corrected chi connectivity index (χ1v) is 7.52. The molecule has 0 atom stereocenters. The van der Waals surface area contributed by atoms with E-state index in [1.54, 1.807) is 48.5 Å². The van der Waals surface area contributed by atoms with Gasteiger partial charge in [-0.1, -0.05) is 60.7 Å². The second-order valence-corrected chi connectivity index (χ2v) is 5.52. The van der Waals surface area contributed by atoms with Crippen molar-refractivity contribution in [2.45, 2.75) is 5.60 Å². The van der Waals surface area contributed by atoms with Gasteiger partial charge in [0.05, 0.1) is 6.54 Å². The molecule has 2 aromatic carbocycles. The van der Waals surface area contributed by atoms with Crippen LogP contribution in [0.2, 0.25) is 0 Å². The summed E-state index contributed by atoms with van der Waals surface area (Å²) in [6.07, 6.45) is 0. The molecule has 1 saturated heterocycles. The average Bonchev–Trinajstić information content (AvgIpc) is 2.62. The maximum atomic E-state index is 13.1. The third-order valence-corrected chi connectivity index (χ3v) is 4.02. The molecule has 3 rings (SSSR count). The van der Waals surface area contributed by atoms with Crippen molar-refractivity contribution < 1.29 is 14.7 Å². The number of nitrogens with zero attached hydrogens (tertiary/aromatic N) is 1. The van der Waals surface area contributed by atoms with Crippen molar-refractivity contribution in [1.29, 1.82) is 0 Å². The molecule has 1 aliphatic heterocycles. The number of aliphatic hydroxyl groups is 1. The monoisotopic (exact) mass is 310 g/mol. The fourth-order valence-electron chi connectivity index (χ4n) is 2.81. The summed E-state index contributed by atoms with van der Waals surface area (Å²) in [7, 11) is 0. The fraction of sp³-hybridized carbons (Fsp3) is 0.222. The molecule has 1 fully saturated rings. The molecule has 0 bridgehead atoms. The summed E-state index contributed by atoms with van der Waals surface area (Å²) in [5.74, 6) is -0.696. The summed E-state index contributed by atoms with van der Waals surface area (Å²) < 4.78 is 0. The van der Waals surface area contributed by atoms with E-state index in [9.17, 15) is 14.7 Å². The van der Waals surface area contributed by atoms with Gasteiger partial charge in [0.2, 0.25) is 5.91 Å². The first-order chi connectivity index (χ1) is 11.1. The van der Waals surface area contributed by atoms with Crippen molar-refractivity contribution in [2.75, 3.05) is 19.6 Å². The van der Waals surface area contributed by atoms with Crippen LogP contribution in [0, 0.1) is 0 Å². The van der Waals surface area contributed by atoms with Gasteiger partial charge in [-0.05, 0) is 11.1 Å². The van der Waals surface area contributed by atoms with Crippen LogP contribution >= 0.6 is 0 Å². The highest BCUT2D eigenvalue weighted by Gasteiger charge is 2.43. The van der Waals surface area contributed by atoms with Crippen molar-refractivity contribution in [3.05, 3.63) is 71.8 Å². The Hall–Kier alpha value is -2.66. The molecule has 0 saturated carbocycles. The molecule has 2 aromatic rings. The summed E-state index contributed by atoms with van der Waals surface area (Å²) in [6, 6.07) is 17.6. The minimum Gasteiger partial charge on any atom is -0.372 e. The molecule has 2 amide bonds. The van der Waals surface area contributed by atoms with E-state index in [0.717, 1.165) is 0 Å². The van der Waals surface area contributed by atoms with E-state index in [4.69, 9.17) is 0 Å². The highest BCUT2D eigenvalue weighted by Crippen LogP contribution is 2.31. The van der Waals surface area contributed by atoms with E-state index in [0.29, 0.717) is 24.2 Å². The molecule has 0 aliphatic carbocycles. The van der Waals surface area contributed by atoms with Crippen LogP contribution in [-0.4, -0.2) is 41.5 Å². The molecule has 0 spiro atoms. The molecule has 0 unspecified atom stereocenters. The standard InChI is InChI=1S/C18H18N2O3/c21-16-13-20(12-11-19-16)17(22)18(23,14-7-3-1-4-8-14)15-9-5-2-6-10-15/h1-10,23H,11-13H2,(H,19,21). The Labute approximate surface area is 134 Å². The first-order valence-electron chi connectivity index (χ1n) is 7.52. The molecule has 1 heterocycles. The second kappa shape index (κ2) is 6.22. The van der Waals surface area contributed by atoms with Gasteiger partial charge in [-0.15, -0.1) is 0 Å². The number of benzene rings is 2. The number of hydrogen-bond acceptors (Lipinski definition) is 3. The number of hydrogen-bond donors (Lipinski definition) is 2. The highest BCUT2D eigenvalue weighted by atomic mass is 16.3. The number of carbonyl (C=O) groups is 2. The zero-order valence-electron chi connectivity index (χ0n) is 12.6. The van der Waals surface area contributed by atoms with Gasteiger partial charge in [0.15, 0.2) is 5.60 Å². The lowest BCUT2D eigenvalue weighted by Gasteiger charge is -2.35. The van der Waals surface area contributed by atoms with Crippen LogP contribution in [0.4, 0.5) is 0 Å². The Morgan fingerprint density at radius 3 is 2.00 bits per heavy atom. The molecule has 23 heavy (non-hydrogen) atoms. The number of amides is 2. The third kappa shape index (κ3) is 2.83. The summed E-state index contributed by atoms with van der Waals surface area (Å²) in [4.78, 5) is 26.1. The topological polar surface area (TPSA) is 69.6 Å². The lowest BCUT2D eigenvalue weighted by molar-refractivity contribution is -0.151. The normalized spacial score (nSPS) is 15.2. The van der Waals surface area contributed by atoms with E-state index in [1.807, 2.05) is 12.1 Å². The predicted octanol–water partition coefficient (Wildman–Crippen LogP) is 0.881. The zero-order chi connectivity index (χ0) is 16.3. The lowest BCUT2D eigenvalue weighted by Crippen LogP contribution is -2.56. The number of carbonyl (C=O) groups excluding carboxylic acids is 2. The lowest BCUT2D eigenvalue weighted by atomic mass is 9.85. The second-order valence-electron chi connectivity index (χ2n) is 5.52. The van der Waals surface area contributed by atoms with Crippen molar-refractivity contribution in [3.63, 3.8) is 0 Å². The number of nitrogens with one attached hydrogen (secondary N) is 1. The molecular formula is C18H18N2O3. The molecule has 5 nitrogen and oxygen atoms in total. The van der Waals surface area contributed by atoms with Gasteiger partial charge in [-0.3, -0.25) is 9.59 Å². The Morgan fingerprint density at radius 1 is 1.00 bits per heavy atom. The molecule has 5 heteroatoms.